The largest absolute Gasteiger partial charge is 0.384 e. The van der Waals surface area contributed by atoms with Crippen molar-refractivity contribution in [2.24, 2.45) is 0 Å². The Morgan fingerprint density at radius 2 is 1.88 bits per heavy atom. The van der Waals surface area contributed by atoms with Crippen LogP contribution in [0.25, 0.3) is 10.9 Å². The van der Waals surface area contributed by atoms with Crippen molar-refractivity contribution in [3.63, 3.8) is 0 Å². The summed E-state index contributed by atoms with van der Waals surface area (Å²) in [5.41, 5.74) is 6.68. The lowest BCUT2D eigenvalue weighted by Crippen LogP contribution is -2.46. The summed E-state index contributed by atoms with van der Waals surface area (Å²) in [6, 6.07) is 8.57. The lowest BCUT2D eigenvalue weighted by atomic mass is 9.97. The normalized spacial score (nSPS) is 16.1. The number of piperazine rings is 1. The van der Waals surface area contributed by atoms with Crippen LogP contribution in [0, 0.1) is 13.8 Å². The van der Waals surface area contributed by atoms with Crippen molar-refractivity contribution in [3.05, 3.63) is 63.1 Å². The molecular weight excluding hydrogens is 402 g/mol. The summed E-state index contributed by atoms with van der Waals surface area (Å²) in [4.78, 5) is 33.2. The zero-order chi connectivity index (χ0) is 22.7. The summed E-state index contributed by atoms with van der Waals surface area (Å²) in [7, 11) is 0. The van der Waals surface area contributed by atoms with Gasteiger partial charge in [0.25, 0.3) is 5.56 Å². The van der Waals surface area contributed by atoms with E-state index in [-0.39, 0.29) is 5.56 Å². The maximum atomic E-state index is 12.6. The minimum Gasteiger partial charge on any atom is -0.384 e. The number of hydrogen-bond donors (Lipinski definition) is 2. The number of carbonyl (C=O) groups is 1. The van der Waals surface area contributed by atoms with Crippen molar-refractivity contribution < 1.29 is 4.79 Å². The first-order valence-corrected chi connectivity index (χ1v) is 11.2. The Bertz CT molecular complexity index is 1160. The van der Waals surface area contributed by atoms with E-state index in [0.29, 0.717) is 0 Å². The second-order valence-electron chi connectivity index (χ2n) is 8.58. The Kier molecular flexibility index (Phi) is 6.55. The van der Waals surface area contributed by atoms with E-state index in [2.05, 4.69) is 57.1 Å². The molecule has 2 aromatic heterocycles. The Morgan fingerprint density at radius 1 is 1.09 bits per heavy atom. The van der Waals surface area contributed by atoms with Crippen molar-refractivity contribution in [1.29, 1.82) is 0 Å². The highest BCUT2D eigenvalue weighted by atomic mass is 16.1. The minimum absolute atomic E-state index is 0.0561. The lowest BCUT2D eigenvalue weighted by Gasteiger charge is -2.36. The molecule has 1 fully saturated rings. The number of carbonyl (C=O) groups excluding carboxylic acids is 1. The molecule has 0 bridgehead atoms. The van der Waals surface area contributed by atoms with Crippen LogP contribution >= 0.6 is 0 Å². The molecule has 0 radical (unpaired) electrons. The maximum absolute atomic E-state index is 12.6. The number of benzene rings is 1. The van der Waals surface area contributed by atoms with Gasteiger partial charge in [-0.1, -0.05) is 12.1 Å². The zero-order valence-electron chi connectivity index (χ0n) is 18.9. The standard InChI is InChI=1S/C24H29N5O.CH2O/c1-16-5-3-8-26-23(16)29-11-9-28(10-12-29)15-18-13-17(2)21-20(14-18)27-24(30)19-6-4-7-25-22(19)21;1-2/h3,5,8,13-14,25H,4,6-7,9-12,15H2,1-2H3,(H,27,30);1H2. The number of aryl methyl sites for hydroxylation is 2. The smallest absolute Gasteiger partial charge is 0.253 e. The van der Waals surface area contributed by atoms with Gasteiger partial charge < -0.3 is 20.0 Å². The Morgan fingerprint density at radius 3 is 2.62 bits per heavy atom. The third kappa shape index (κ3) is 4.25. The van der Waals surface area contributed by atoms with Crippen LogP contribution in [0.4, 0.5) is 11.5 Å². The first-order chi connectivity index (χ1) is 15.6. The number of pyridine rings is 2. The van der Waals surface area contributed by atoms with Gasteiger partial charge in [-0.15, -0.1) is 0 Å². The molecule has 2 aliphatic heterocycles. The molecule has 0 aliphatic carbocycles. The second kappa shape index (κ2) is 9.53. The highest BCUT2D eigenvalue weighted by molar-refractivity contribution is 5.96. The molecular formula is C25H31N5O2. The molecule has 168 valence electrons. The van der Waals surface area contributed by atoms with E-state index in [9.17, 15) is 4.79 Å². The van der Waals surface area contributed by atoms with Crippen LogP contribution in [-0.4, -0.2) is 54.4 Å². The van der Waals surface area contributed by atoms with Gasteiger partial charge in [-0.25, -0.2) is 4.98 Å². The molecule has 4 heterocycles. The van der Waals surface area contributed by atoms with Crippen LogP contribution in [0.15, 0.2) is 35.3 Å². The average Bonchev–Trinajstić information content (AvgIpc) is 2.81. The highest BCUT2D eigenvalue weighted by Gasteiger charge is 2.21. The zero-order valence-corrected chi connectivity index (χ0v) is 18.9. The van der Waals surface area contributed by atoms with Gasteiger partial charge in [0.05, 0.1) is 11.2 Å². The molecule has 5 rings (SSSR count). The highest BCUT2D eigenvalue weighted by Crippen LogP contribution is 2.31. The fraction of sp³-hybridized carbons (Fsp3) is 0.400. The first kappa shape index (κ1) is 22.0. The first-order valence-electron chi connectivity index (χ1n) is 11.2. The van der Waals surface area contributed by atoms with Gasteiger partial charge in [0.1, 0.15) is 12.6 Å². The molecule has 0 saturated carbocycles. The number of anilines is 2. The van der Waals surface area contributed by atoms with Gasteiger partial charge in [0.2, 0.25) is 0 Å². The number of fused-ring (bicyclic) bond motifs is 3. The molecule has 1 aromatic carbocycles. The Balaban J connectivity index is 0.00000119. The third-order valence-corrected chi connectivity index (χ3v) is 6.43. The molecule has 0 spiro atoms. The van der Waals surface area contributed by atoms with E-state index in [4.69, 9.17) is 4.79 Å². The van der Waals surface area contributed by atoms with Crippen LogP contribution < -0.4 is 15.8 Å². The molecule has 2 N–H and O–H groups in total. The van der Waals surface area contributed by atoms with Crippen LogP contribution in [-0.2, 0) is 17.8 Å². The molecule has 0 amide bonds. The predicted octanol–water partition coefficient (Wildman–Crippen LogP) is 3.04. The van der Waals surface area contributed by atoms with Crippen molar-refractivity contribution in [3.8, 4) is 0 Å². The predicted molar refractivity (Wildman–Crippen MR) is 130 cm³/mol. The topological polar surface area (TPSA) is 81.3 Å². The number of nitrogens with zero attached hydrogens (tertiary/aromatic N) is 3. The van der Waals surface area contributed by atoms with Gasteiger partial charge in [-0.2, -0.15) is 0 Å². The van der Waals surface area contributed by atoms with Gasteiger partial charge >= 0.3 is 0 Å². The van der Waals surface area contributed by atoms with E-state index in [0.717, 1.165) is 74.7 Å². The summed E-state index contributed by atoms with van der Waals surface area (Å²) in [5.74, 6) is 1.11. The monoisotopic (exact) mass is 433 g/mol. The van der Waals surface area contributed by atoms with Crippen molar-refractivity contribution in [2.45, 2.75) is 33.2 Å². The van der Waals surface area contributed by atoms with E-state index in [1.54, 1.807) is 0 Å². The van der Waals surface area contributed by atoms with E-state index < -0.39 is 0 Å². The molecule has 2 aliphatic rings. The van der Waals surface area contributed by atoms with Crippen LogP contribution in [0.2, 0.25) is 0 Å². The molecule has 3 aromatic rings. The van der Waals surface area contributed by atoms with Gasteiger partial charge in [0.15, 0.2) is 0 Å². The number of aromatic amines is 1. The summed E-state index contributed by atoms with van der Waals surface area (Å²) >= 11 is 0. The number of aromatic nitrogens is 2. The molecule has 7 heteroatoms. The van der Waals surface area contributed by atoms with Crippen LogP contribution in [0.5, 0.6) is 0 Å². The fourth-order valence-corrected chi connectivity index (χ4v) is 4.94. The summed E-state index contributed by atoms with van der Waals surface area (Å²) < 4.78 is 0. The van der Waals surface area contributed by atoms with Gasteiger partial charge in [-0.05, 0) is 55.5 Å². The minimum atomic E-state index is 0.0561. The lowest BCUT2D eigenvalue weighted by molar-refractivity contribution is -0.0979. The van der Waals surface area contributed by atoms with Gasteiger partial charge in [-0.3, -0.25) is 9.69 Å². The molecule has 32 heavy (non-hydrogen) atoms. The molecule has 0 atom stereocenters. The quantitative estimate of drug-likeness (QED) is 0.661. The van der Waals surface area contributed by atoms with Crippen LogP contribution in [0.1, 0.15) is 28.7 Å². The van der Waals surface area contributed by atoms with Gasteiger partial charge in [0, 0.05) is 56.4 Å². The number of rotatable bonds is 3. The summed E-state index contributed by atoms with van der Waals surface area (Å²) in [5, 5.41) is 4.64. The molecule has 0 unspecified atom stereocenters. The number of hydrogen-bond acceptors (Lipinski definition) is 6. The van der Waals surface area contributed by atoms with Crippen molar-refractivity contribution in [2.75, 3.05) is 42.9 Å². The number of H-pyrrole nitrogens is 1. The molecule has 7 nitrogen and oxygen atoms in total. The average molecular weight is 434 g/mol. The Labute approximate surface area is 188 Å². The van der Waals surface area contributed by atoms with Crippen molar-refractivity contribution >= 4 is 29.2 Å². The molecule has 1 saturated heterocycles. The van der Waals surface area contributed by atoms with Crippen LogP contribution in [0.3, 0.4) is 0 Å². The maximum Gasteiger partial charge on any atom is 0.253 e. The van der Waals surface area contributed by atoms with E-state index in [1.807, 2.05) is 19.1 Å². The summed E-state index contributed by atoms with van der Waals surface area (Å²) in [6.07, 6.45) is 3.75. The summed E-state index contributed by atoms with van der Waals surface area (Å²) in [6.45, 7) is 12.1. The second-order valence-corrected chi connectivity index (χ2v) is 8.58. The van der Waals surface area contributed by atoms with Crippen molar-refractivity contribution in [1.82, 2.24) is 14.9 Å². The third-order valence-electron chi connectivity index (χ3n) is 6.43. The fourth-order valence-electron chi connectivity index (χ4n) is 4.94. The number of nitrogens with one attached hydrogen (secondary N) is 2. The SMILES string of the molecule is C=O.Cc1cccnc1N1CCN(Cc2cc(C)c3c4c(c(=O)[nH]c3c2)CCCN4)CC1. The Hall–Kier alpha value is -3.19. The van der Waals surface area contributed by atoms with E-state index in [1.165, 1.54) is 22.1 Å². The van der Waals surface area contributed by atoms with E-state index >= 15 is 0 Å².